The highest BCUT2D eigenvalue weighted by Gasteiger charge is 2.20. The van der Waals surface area contributed by atoms with Gasteiger partial charge in [-0.25, -0.2) is 9.59 Å². The third-order valence-corrected chi connectivity index (χ3v) is 7.88. The minimum Gasteiger partial charge on any atom is -0.423 e. The fourth-order valence-electron chi connectivity index (χ4n) is 5.01. The molecule has 252 valence electrons. The first-order chi connectivity index (χ1) is 24.1. The molecule has 0 bridgehead atoms. The Balaban J connectivity index is 1.20. The van der Waals surface area contributed by atoms with Crippen molar-refractivity contribution >= 4 is 47.1 Å². The summed E-state index contributed by atoms with van der Waals surface area (Å²) < 4.78 is 11.0. The van der Waals surface area contributed by atoms with Gasteiger partial charge in [0.05, 0.1) is 27.4 Å². The van der Waals surface area contributed by atoms with E-state index >= 15 is 0 Å². The molecule has 0 unspecified atom stereocenters. The van der Waals surface area contributed by atoms with Crippen molar-refractivity contribution < 1.29 is 24.0 Å². The molecule has 0 aliphatic rings. The number of nitrogens with zero attached hydrogens (tertiary/aromatic N) is 4. The van der Waals surface area contributed by atoms with Gasteiger partial charge in [0.1, 0.15) is 5.75 Å². The van der Waals surface area contributed by atoms with Crippen molar-refractivity contribution in [2.24, 2.45) is 9.98 Å². The van der Waals surface area contributed by atoms with E-state index in [2.05, 4.69) is 28.7 Å². The zero-order valence-electron chi connectivity index (χ0n) is 28.2. The van der Waals surface area contributed by atoms with Crippen molar-refractivity contribution in [1.29, 1.82) is 0 Å². The molecule has 10 heteroatoms. The number of aliphatic imine (C=N–C) groups is 2. The van der Waals surface area contributed by atoms with Gasteiger partial charge >= 0.3 is 17.6 Å². The first-order valence-electron chi connectivity index (χ1n) is 16.1. The fourth-order valence-corrected chi connectivity index (χ4v) is 5.01. The number of hydrogen-bond donors (Lipinski definition) is 0. The zero-order valence-corrected chi connectivity index (χ0v) is 28.2. The lowest BCUT2D eigenvalue weighted by Crippen LogP contribution is -2.21. The predicted molar refractivity (Wildman–Crippen MR) is 196 cm³/mol. The first kappa shape index (κ1) is 34.9. The standard InChI is InChI=1S/C40H36N4O6/c1-5-43(6-2)35-19-11-30(12-20-35)26-42-34-18-22-38(36(24-34)44(47)48)50-40(46)32-15-13-31(14-16-32)39(45)49-37-21-17-33(23-28(37)4)41-25-29-9-7-27(3)8-10-29/h7-26H,5-6H2,1-4H3. The van der Waals surface area contributed by atoms with E-state index in [1.54, 1.807) is 24.6 Å². The highest BCUT2D eigenvalue weighted by atomic mass is 16.6. The number of benzene rings is 5. The molecule has 10 nitrogen and oxygen atoms in total. The quantitative estimate of drug-likeness (QED) is 0.0427. The second kappa shape index (κ2) is 16.1. The van der Waals surface area contributed by atoms with Gasteiger partial charge in [0.25, 0.3) is 0 Å². The summed E-state index contributed by atoms with van der Waals surface area (Å²) in [5, 5.41) is 11.8. The summed E-state index contributed by atoms with van der Waals surface area (Å²) in [6.07, 6.45) is 3.38. The molecule has 0 aliphatic heterocycles. The molecule has 0 atom stereocenters. The summed E-state index contributed by atoms with van der Waals surface area (Å²) in [6.45, 7) is 9.81. The van der Waals surface area contributed by atoms with Crippen molar-refractivity contribution in [3.8, 4) is 11.5 Å². The van der Waals surface area contributed by atoms with E-state index in [1.165, 1.54) is 48.0 Å². The topological polar surface area (TPSA) is 124 Å². The Hall–Kier alpha value is -6.42. The summed E-state index contributed by atoms with van der Waals surface area (Å²) in [4.78, 5) is 48.1. The SMILES string of the molecule is CCN(CC)c1ccc(C=Nc2ccc(OC(=O)c3ccc(C(=O)Oc4ccc(N=Cc5ccc(C)cc5)cc4C)cc3)c([N+](=O)[O-])c2)cc1. The molecule has 0 aromatic heterocycles. The number of anilines is 1. The monoisotopic (exact) mass is 668 g/mol. The van der Waals surface area contributed by atoms with Crippen LogP contribution in [-0.4, -0.2) is 42.4 Å². The van der Waals surface area contributed by atoms with E-state index in [9.17, 15) is 19.7 Å². The van der Waals surface area contributed by atoms with E-state index < -0.39 is 22.5 Å². The fraction of sp³-hybridized carbons (Fsp3) is 0.150. The van der Waals surface area contributed by atoms with E-state index in [0.717, 1.165) is 35.5 Å². The number of esters is 2. The Kier molecular flexibility index (Phi) is 11.3. The molecule has 5 aromatic rings. The third-order valence-electron chi connectivity index (χ3n) is 7.88. The second-order valence-electron chi connectivity index (χ2n) is 11.4. The van der Waals surface area contributed by atoms with Crippen molar-refractivity contribution in [2.45, 2.75) is 27.7 Å². The van der Waals surface area contributed by atoms with Gasteiger partial charge in [-0.15, -0.1) is 0 Å². The van der Waals surface area contributed by atoms with Crippen LogP contribution in [0.1, 0.15) is 56.8 Å². The van der Waals surface area contributed by atoms with Crippen LogP contribution in [0.25, 0.3) is 0 Å². The number of hydrogen-bond acceptors (Lipinski definition) is 9. The van der Waals surface area contributed by atoms with Crippen molar-refractivity contribution in [2.75, 3.05) is 18.0 Å². The number of nitro benzene ring substituents is 1. The van der Waals surface area contributed by atoms with E-state index in [1.807, 2.05) is 68.4 Å². The third kappa shape index (κ3) is 8.93. The molecule has 5 aromatic carbocycles. The number of aryl methyl sites for hydroxylation is 2. The normalized spacial score (nSPS) is 11.1. The lowest BCUT2D eigenvalue weighted by atomic mass is 10.1. The van der Waals surface area contributed by atoms with Gasteiger partial charge in [-0.1, -0.05) is 42.0 Å². The van der Waals surface area contributed by atoms with E-state index in [4.69, 9.17) is 9.47 Å². The van der Waals surface area contributed by atoms with Crippen LogP contribution in [0.4, 0.5) is 22.7 Å². The predicted octanol–water partition coefficient (Wildman–Crippen LogP) is 9.00. The lowest BCUT2D eigenvalue weighted by molar-refractivity contribution is -0.385. The maximum absolute atomic E-state index is 12.9. The van der Waals surface area contributed by atoms with Gasteiger partial charge in [-0.3, -0.25) is 20.1 Å². The van der Waals surface area contributed by atoms with Gasteiger partial charge in [0.15, 0.2) is 0 Å². The Labute approximate surface area is 290 Å². The van der Waals surface area contributed by atoms with Gasteiger partial charge in [0, 0.05) is 37.3 Å². The number of nitro groups is 1. The Bertz CT molecular complexity index is 2050. The Morgan fingerprint density at radius 1 is 0.680 bits per heavy atom. The van der Waals surface area contributed by atoms with Crippen molar-refractivity contribution in [3.05, 3.63) is 153 Å². The largest absolute Gasteiger partial charge is 0.423 e. The molecule has 0 N–H and O–H groups in total. The molecule has 5 rings (SSSR count). The molecule has 0 saturated heterocycles. The first-order valence-corrected chi connectivity index (χ1v) is 16.1. The maximum Gasteiger partial charge on any atom is 0.343 e. The van der Waals surface area contributed by atoms with Crippen LogP contribution in [0.2, 0.25) is 0 Å². The van der Waals surface area contributed by atoms with E-state index in [-0.39, 0.29) is 16.9 Å². The zero-order chi connectivity index (χ0) is 35.6. The van der Waals surface area contributed by atoms with Crippen LogP contribution in [0.3, 0.4) is 0 Å². The minimum absolute atomic E-state index is 0.0954. The number of rotatable bonds is 12. The summed E-state index contributed by atoms with van der Waals surface area (Å²) in [5.74, 6) is -1.29. The molecular weight excluding hydrogens is 632 g/mol. The molecule has 0 fully saturated rings. The summed E-state index contributed by atoms with van der Waals surface area (Å²) >= 11 is 0. The summed E-state index contributed by atoms with van der Waals surface area (Å²) in [7, 11) is 0. The van der Waals surface area contributed by atoms with Gasteiger partial charge in [-0.05, 0) is 111 Å². The van der Waals surface area contributed by atoms with Crippen LogP contribution in [0, 0.1) is 24.0 Å². The van der Waals surface area contributed by atoms with Crippen LogP contribution in [0.5, 0.6) is 11.5 Å². The number of carbonyl (C=O) groups is 2. The molecule has 0 radical (unpaired) electrons. The molecular formula is C40H36N4O6. The molecule has 50 heavy (non-hydrogen) atoms. The summed E-state index contributed by atoms with van der Waals surface area (Å²) in [5.41, 5.74) is 5.73. The van der Waals surface area contributed by atoms with Gasteiger partial charge in [-0.2, -0.15) is 0 Å². The average Bonchev–Trinajstić information content (AvgIpc) is 3.13. The maximum atomic E-state index is 12.9. The molecule has 0 aliphatic carbocycles. The smallest absolute Gasteiger partial charge is 0.343 e. The van der Waals surface area contributed by atoms with Crippen molar-refractivity contribution in [1.82, 2.24) is 0 Å². The highest BCUT2D eigenvalue weighted by Crippen LogP contribution is 2.32. The second-order valence-corrected chi connectivity index (χ2v) is 11.4. The Morgan fingerprint density at radius 2 is 1.16 bits per heavy atom. The lowest BCUT2D eigenvalue weighted by Gasteiger charge is -2.20. The summed E-state index contributed by atoms with van der Waals surface area (Å²) in [6, 6.07) is 30.8. The molecule has 0 spiro atoms. The number of ether oxygens (including phenoxy) is 2. The molecule has 0 amide bonds. The molecule has 0 saturated carbocycles. The van der Waals surface area contributed by atoms with E-state index in [0.29, 0.717) is 17.1 Å². The van der Waals surface area contributed by atoms with Crippen LogP contribution >= 0.6 is 0 Å². The highest BCUT2D eigenvalue weighted by molar-refractivity contribution is 5.95. The van der Waals surface area contributed by atoms with Crippen LogP contribution in [-0.2, 0) is 0 Å². The average molecular weight is 669 g/mol. The van der Waals surface area contributed by atoms with Crippen LogP contribution < -0.4 is 14.4 Å². The van der Waals surface area contributed by atoms with Gasteiger partial charge < -0.3 is 14.4 Å². The molecule has 0 heterocycles. The van der Waals surface area contributed by atoms with Gasteiger partial charge in [0.2, 0.25) is 5.75 Å². The van der Waals surface area contributed by atoms with Crippen molar-refractivity contribution in [3.63, 3.8) is 0 Å². The Morgan fingerprint density at radius 3 is 1.66 bits per heavy atom. The van der Waals surface area contributed by atoms with Crippen LogP contribution in [0.15, 0.2) is 119 Å². The number of carbonyl (C=O) groups excluding carboxylic acids is 2. The minimum atomic E-state index is -0.824.